The molecule has 0 aliphatic carbocycles. The first kappa shape index (κ1) is 14.6. The molecule has 1 aromatic heterocycles. The summed E-state index contributed by atoms with van der Waals surface area (Å²) in [5.74, 6) is 0.178. The van der Waals surface area contributed by atoms with E-state index in [0.717, 1.165) is 5.56 Å². The lowest BCUT2D eigenvalue weighted by molar-refractivity contribution is 0.628. The molecule has 0 bridgehead atoms. The summed E-state index contributed by atoms with van der Waals surface area (Å²) in [4.78, 5) is 0. The van der Waals surface area contributed by atoms with Crippen molar-refractivity contribution in [3.05, 3.63) is 69.7 Å². The van der Waals surface area contributed by atoms with Crippen molar-refractivity contribution in [1.82, 2.24) is 14.9 Å². The van der Waals surface area contributed by atoms with Gasteiger partial charge in [-0.2, -0.15) is 14.9 Å². The van der Waals surface area contributed by atoms with Gasteiger partial charge in [0.1, 0.15) is 5.82 Å². The molecule has 0 fully saturated rings. The predicted molar refractivity (Wildman–Crippen MR) is 87.2 cm³/mol. The number of rotatable bonds is 3. The molecule has 3 rings (SSSR count). The topological polar surface area (TPSA) is 46.0 Å². The third-order valence-corrected chi connectivity index (χ3v) is 3.58. The van der Waals surface area contributed by atoms with Gasteiger partial charge in [0, 0.05) is 16.1 Å². The van der Waals surface area contributed by atoms with Crippen LogP contribution in [0.2, 0.25) is 5.02 Å². The Labute approximate surface area is 135 Å². The summed E-state index contributed by atoms with van der Waals surface area (Å²) < 4.78 is 14.8. The Bertz CT molecular complexity index is 883. The maximum absolute atomic E-state index is 13.0. The van der Waals surface area contributed by atoms with Crippen LogP contribution in [-0.2, 0) is 0 Å². The monoisotopic (exact) mass is 332 g/mol. The maximum atomic E-state index is 13.0. The van der Waals surface area contributed by atoms with Gasteiger partial charge in [-0.1, -0.05) is 29.8 Å². The third-order valence-electron chi connectivity index (χ3n) is 2.97. The van der Waals surface area contributed by atoms with Gasteiger partial charge in [-0.25, -0.2) is 9.49 Å². The molecule has 0 aliphatic heterocycles. The van der Waals surface area contributed by atoms with Crippen molar-refractivity contribution in [3.8, 4) is 11.4 Å². The van der Waals surface area contributed by atoms with E-state index in [1.165, 1.54) is 16.8 Å². The quantitative estimate of drug-likeness (QED) is 0.574. The van der Waals surface area contributed by atoms with E-state index in [-0.39, 0.29) is 5.82 Å². The first-order valence-corrected chi connectivity index (χ1v) is 7.16. The average molecular weight is 333 g/mol. The summed E-state index contributed by atoms with van der Waals surface area (Å²) in [5.41, 5.74) is 1.46. The van der Waals surface area contributed by atoms with Crippen LogP contribution < -0.4 is 0 Å². The van der Waals surface area contributed by atoms with Gasteiger partial charge >= 0.3 is 0 Å². The summed E-state index contributed by atoms with van der Waals surface area (Å²) in [6.07, 6.45) is 1.60. The van der Waals surface area contributed by atoms with Crippen molar-refractivity contribution in [2.45, 2.75) is 0 Å². The summed E-state index contributed by atoms with van der Waals surface area (Å²) in [5, 5.41) is 11.7. The fraction of sp³-hybridized carbons (Fsp3) is 0. The molecule has 7 heteroatoms. The molecule has 0 unspecified atom stereocenters. The predicted octanol–water partition coefficient (Wildman–Crippen LogP) is 4.28. The van der Waals surface area contributed by atoms with E-state index in [2.05, 4.69) is 15.3 Å². The van der Waals surface area contributed by atoms with Crippen molar-refractivity contribution < 1.29 is 4.39 Å². The zero-order chi connectivity index (χ0) is 15.5. The Morgan fingerprint density at radius 3 is 2.64 bits per heavy atom. The van der Waals surface area contributed by atoms with Crippen LogP contribution >= 0.6 is 23.8 Å². The van der Waals surface area contributed by atoms with Gasteiger partial charge < -0.3 is 0 Å². The molecule has 1 N–H and O–H groups in total. The minimum Gasteiger partial charge on any atom is -0.250 e. The second-order valence-electron chi connectivity index (χ2n) is 4.44. The molecule has 0 saturated heterocycles. The minimum atomic E-state index is -0.316. The largest absolute Gasteiger partial charge is 0.250 e. The van der Waals surface area contributed by atoms with E-state index in [4.69, 9.17) is 23.8 Å². The summed E-state index contributed by atoms with van der Waals surface area (Å²) >= 11 is 11.3. The van der Waals surface area contributed by atoms with E-state index in [1.54, 1.807) is 24.4 Å². The summed E-state index contributed by atoms with van der Waals surface area (Å²) in [6, 6.07) is 13.3. The number of nitrogens with one attached hydrogen (secondary N) is 1. The number of nitrogens with zero attached hydrogens (tertiary/aromatic N) is 3. The van der Waals surface area contributed by atoms with E-state index in [1.807, 2.05) is 18.2 Å². The van der Waals surface area contributed by atoms with Crippen LogP contribution in [0.1, 0.15) is 5.56 Å². The highest BCUT2D eigenvalue weighted by molar-refractivity contribution is 7.71. The van der Waals surface area contributed by atoms with Gasteiger partial charge in [0.25, 0.3) is 0 Å². The summed E-state index contributed by atoms with van der Waals surface area (Å²) in [7, 11) is 0. The van der Waals surface area contributed by atoms with Gasteiger partial charge in [-0.3, -0.25) is 0 Å². The molecule has 4 nitrogen and oxygen atoms in total. The Morgan fingerprint density at radius 1 is 1.18 bits per heavy atom. The molecule has 0 atom stereocenters. The van der Waals surface area contributed by atoms with Gasteiger partial charge in [-0.15, -0.1) is 0 Å². The number of aromatic amines is 1. The molecule has 0 spiro atoms. The van der Waals surface area contributed by atoms with Gasteiger partial charge in [0.05, 0.1) is 6.21 Å². The smallest absolute Gasteiger partial charge is 0.216 e. The molecule has 0 aliphatic rings. The maximum Gasteiger partial charge on any atom is 0.216 e. The molecule has 110 valence electrons. The molecule has 0 saturated carbocycles. The van der Waals surface area contributed by atoms with Crippen LogP contribution in [0.4, 0.5) is 4.39 Å². The van der Waals surface area contributed by atoms with Crippen molar-refractivity contribution in [1.29, 1.82) is 0 Å². The zero-order valence-electron chi connectivity index (χ0n) is 11.2. The highest BCUT2D eigenvalue weighted by Gasteiger charge is 2.08. The van der Waals surface area contributed by atoms with Gasteiger partial charge in [0.2, 0.25) is 4.77 Å². The standard InChI is InChI=1S/C15H10ClFN4S/c16-13-4-2-1-3-11(13)9-18-21-14(19-20-15(21)22)10-5-7-12(17)8-6-10/h1-9H,(H,20,22)/b18-9-. The highest BCUT2D eigenvalue weighted by atomic mass is 35.5. The van der Waals surface area contributed by atoms with Crippen LogP contribution in [0.25, 0.3) is 11.4 Å². The molecule has 0 radical (unpaired) electrons. The summed E-state index contributed by atoms with van der Waals surface area (Å²) in [6.45, 7) is 0. The van der Waals surface area contributed by atoms with Crippen LogP contribution in [0.3, 0.4) is 0 Å². The highest BCUT2D eigenvalue weighted by Crippen LogP contribution is 2.18. The lowest BCUT2D eigenvalue weighted by Gasteiger charge is -2.01. The second-order valence-corrected chi connectivity index (χ2v) is 5.23. The number of hydrogen-bond donors (Lipinski definition) is 1. The van der Waals surface area contributed by atoms with E-state index in [9.17, 15) is 4.39 Å². The Morgan fingerprint density at radius 2 is 1.91 bits per heavy atom. The molecular formula is C15H10ClFN4S. The average Bonchev–Trinajstić information content (AvgIpc) is 2.88. The SMILES string of the molecule is Fc1ccc(-c2n[nH]c(=S)n2/N=C\c2ccccc2Cl)cc1. The normalized spacial score (nSPS) is 11.2. The van der Waals surface area contributed by atoms with Crippen LogP contribution in [-0.4, -0.2) is 21.1 Å². The van der Waals surface area contributed by atoms with Crippen LogP contribution in [0.15, 0.2) is 53.6 Å². The van der Waals surface area contributed by atoms with Crippen molar-refractivity contribution in [2.75, 3.05) is 0 Å². The number of halogens is 2. The number of benzene rings is 2. The minimum absolute atomic E-state index is 0.316. The molecule has 1 heterocycles. The fourth-order valence-electron chi connectivity index (χ4n) is 1.88. The van der Waals surface area contributed by atoms with E-state index >= 15 is 0 Å². The Hall–Kier alpha value is -2.31. The van der Waals surface area contributed by atoms with Gasteiger partial charge in [0.15, 0.2) is 5.82 Å². The van der Waals surface area contributed by atoms with E-state index in [0.29, 0.717) is 21.2 Å². The third kappa shape index (κ3) is 2.98. The van der Waals surface area contributed by atoms with Crippen LogP contribution in [0.5, 0.6) is 0 Å². The Balaban J connectivity index is 2.01. The molecule has 0 amide bonds. The molecular weight excluding hydrogens is 323 g/mol. The van der Waals surface area contributed by atoms with E-state index < -0.39 is 0 Å². The fourth-order valence-corrected chi connectivity index (χ4v) is 2.25. The zero-order valence-corrected chi connectivity index (χ0v) is 12.8. The lowest BCUT2D eigenvalue weighted by atomic mass is 10.2. The van der Waals surface area contributed by atoms with Crippen molar-refractivity contribution in [3.63, 3.8) is 0 Å². The van der Waals surface area contributed by atoms with Gasteiger partial charge in [-0.05, 0) is 42.5 Å². The number of aromatic nitrogens is 3. The molecule has 2 aromatic carbocycles. The van der Waals surface area contributed by atoms with Crippen LogP contribution in [0, 0.1) is 10.6 Å². The number of H-pyrrole nitrogens is 1. The first-order valence-electron chi connectivity index (χ1n) is 6.37. The second kappa shape index (κ2) is 6.21. The first-order chi connectivity index (χ1) is 10.6. The number of hydrogen-bond acceptors (Lipinski definition) is 3. The Kier molecular flexibility index (Phi) is 4.13. The van der Waals surface area contributed by atoms with Crippen molar-refractivity contribution in [2.24, 2.45) is 5.10 Å². The molecule has 22 heavy (non-hydrogen) atoms. The van der Waals surface area contributed by atoms with Crippen molar-refractivity contribution >= 4 is 30.0 Å². The lowest BCUT2D eigenvalue weighted by Crippen LogP contribution is -1.95. The molecule has 3 aromatic rings.